The molecule has 0 saturated heterocycles. The van der Waals surface area contributed by atoms with Crippen molar-refractivity contribution in [1.29, 1.82) is 0 Å². The van der Waals surface area contributed by atoms with Gasteiger partial charge in [-0.3, -0.25) is 14.9 Å². The minimum absolute atomic E-state index is 0.0334. The van der Waals surface area contributed by atoms with Gasteiger partial charge in [0.1, 0.15) is 0 Å². The smallest absolute Gasteiger partial charge is 0.267 e. The van der Waals surface area contributed by atoms with Gasteiger partial charge in [-0.1, -0.05) is 6.92 Å². The average Bonchev–Trinajstić information content (AvgIpc) is 2.45. The number of non-ortho nitro benzene ring substituents is 1. The highest BCUT2D eigenvalue weighted by Crippen LogP contribution is 2.21. The van der Waals surface area contributed by atoms with Crippen LogP contribution >= 0.6 is 0 Å². The Labute approximate surface area is 117 Å². The summed E-state index contributed by atoms with van der Waals surface area (Å²) >= 11 is 0. The van der Waals surface area contributed by atoms with Crippen LogP contribution in [0.3, 0.4) is 0 Å². The molecule has 106 valence electrons. The normalized spacial score (nSPS) is 20.6. The first-order valence-corrected chi connectivity index (χ1v) is 6.66. The Morgan fingerprint density at radius 2 is 2.10 bits per heavy atom. The van der Waals surface area contributed by atoms with Crippen molar-refractivity contribution in [2.45, 2.75) is 32.6 Å². The summed E-state index contributed by atoms with van der Waals surface area (Å²) in [6.45, 7) is 2.17. The topological polar surface area (TPSA) is 84.6 Å². The van der Waals surface area contributed by atoms with E-state index in [-0.39, 0.29) is 11.6 Å². The van der Waals surface area contributed by atoms with E-state index in [1.54, 1.807) is 0 Å². The summed E-state index contributed by atoms with van der Waals surface area (Å²) in [6.07, 6.45) is 4.15. The van der Waals surface area contributed by atoms with E-state index >= 15 is 0 Å². The van der Waals surface area contributed by atoms with Crippen LogP contribution < -0.4 is 5.43 Å². The minimum Gasteiger partial charge on any atom is -0.267 e. The van der Waals surface area contributed by atoms with Crippen LogP contribution in [0.2, 0.25) is 0 Å². The third-order valence-electron chi connectivity index (χ3n) is 3.40. The van der Waals surface area contributed by atoms with Crippen LogP contribution in [-0.2, 0) is 0 Å². The highest BCUT2D eigenvalue weighted by Gasteiger charge is 2.14. The fourth-order valence-corrected chi connectivity index (χ4v) is 2.29. The number of rotatable bonds is 3. The molecule has 1 fully saturated rings. The van der Waals surface area contributed by atoms with Gasteiger partial charge in [0, 0.05) is 23.4 Å². The maximum Gasteiger partial charge on any atom is 0.271 e. The molecule has 0 heterocycles. The Kier molecular flexibility index (Phi) is 4.45. The molecule has 0 bridgehead atoms. The van der Waals surface area contributed by atoms with Crippen molar-refractivity contribution in [2.75, 3.05) is 0 Å². The van der Waals surface area contributed by atoms with Gasteiger partial charge in [0.25, 0.3) is 11.6 Å². The van der Waals surface area contributed by atoms with Crippen LogP contribution in [0.4, 0.5) is 5.69 Å². The summed E-state index contributed by atoms with van der Waals surface area (Å²) in [4.78, 5) is 21.9. The zero-order chi connectivity index (χ0) is 14.5. The lowest BCUT2D eigenvalue weighted by atomic mass is 9.89. The van der Waals surface area contributed by atoms with Gasteiger partial charge in [0.15, 0.2) is 0 Å². The Morgan fingerprint density at radius 3 is 2.70 bits per heavy atom. The Hall–Kier alpha value is -2.24. The molecule has 1 aliphatic rings. The molecule has 1 atom stereocenters. The number of nitrogens with zero attached hydrogens (tertiary/aromatic N) is 2. The second kappa shape index (κ2) is 6.27. The van der Waals surface area contributed by atoms with Gasteiger partial charge in [0.05, 0.1) is 4.92 Å². The van der Waals surface area contributed by atoms with Crippen LogP contribution in [0.15, 0.2) is 29.4 Å². The fourth-order valence-electron chi connectivity index (χ4n) is 2.29. The molecule has 1 unspecified atom stereocenters. The molecule has 2 rings (SSSR count). The van der Waals surface area contributed by atoms with E-state index in [2.05, 4.69) is 17.5 Å². The van der Waals surface area contributed by atoms with Crippen molar-refractivity contribution in [3.8, 4) is 0 Å². The first-order chi connectivity index (χ1) is 9.56. The zero-order valence-electron chi connectivity index (χ0n) is 11.3. The van der Waals surface area contributed by atoms with Gasteiger partial charge >= 0.3 is 0 Å². The summed E-state index contributed by atoms with van der Waals surface area (Å²) in [5.41, 5.74) is 3.86. The quantitative estimate of drug-likeness (QED) is 0.680. The number of nitrogens with one attached hydrogen (secondary N) is 1. The van der Waals surface area contributed by atoms with Crippen LogP contribution in [-0.4, -0.2) is 16.5 Å². The lowest BCUT2D eigenvalue weighted by Crippen LogP contribution is -2.22. The lowest BCUT2D eigenvalue weighted by molar-refractivity contribution is -0.384. The van der Waals surface area contributed by atoms with Gasteiger partial charge in [-0.2, -0.15) is 5.10 Å². The second-order valence-corrected chi connectivity index (χ2v) is 5.12. The van der Waals surface area contributed by atoms with Crippen LogP contribution in [0.25, 0.3) is 0 Å². The monoisotopic (exact) mass is 275 g/mol. The average molecular weight is 275 g/mol. The lowest BCUT2D eigenvalue weighted by Gasteiger charge is -2.18. The second-order valence-electron chi connectivity index (χ2n) is 5.12. The molecular weight excluding hydrogens is 258 g/mol. The van der Waals surface area contributed by atoms with E-state index in [4.69, 9.17) is 0 Å². The number of hydrazone groups is 1. The number of amides is 1. The standard InChI is InChI=1S/C14H17N3O3/c1-10-3-2-4-12(9-10)15-16-14(18)11-5-7-13(8-6-11)17(19)20/h5-8,10H,2-4,9H2,1H3,(H,16,18)/b15-12+. The number of hydrogen-bond donors (Lipinski definition) is 1. The molecule has 0 spiro atoms. The largest absolute Gasteiger partial charge is 0.271 e. The van der Waals surface area contributed by atoms with E-state index < -0.39 is 4.92 Å². The van der Waals surface area contributed by atoms with Crippen LogP contribution in [0.5, 0.6) is 0 Å². The first kappa shape index (κ1) is 14.2. The number of nitro benzene ring substituents is 1. The van der Waals surface area contributed by atoms with Crippen LogP contribution in [0, 0.1) is 16.0 Å². The van der Waals surface area contributed by atoms with Gasteiger partial charge < -0.3 is 0 Å². The molecule has 6 nitrogen and oxygen atoms in total. The fraction of sp³-hybridized carbons (Fsp3) is 0.429. The third-order valence-corrected chi connectivity index (χ3v) is 3.40. The maximum absolute atomic E-state index is 11.9. The molecule has 1 amide bonds. The summed E-state index contributed by atoms with van der Waals surface area (Å²) in [5, 5.41) is 14.7. The molecule has 6 heteroatoms. The predicted molar refractivity (Wildman–Crippen MR) is 75.6 cm³/mol. The number of nitro groups is 1. The molecule has 20 heavy (non-hydrogen) atoms. The minimum atomic E-state index is -0.495. The van der Waals surface area contributed by atoms with Gasteiger partial charge in [-0.15, -0.1) is 0 Å². The number of hydrogen-bond acceptors (Lipinski definition) is 4. The van der Waals surface area contributed by atoms with Crippen molar-refractivity contribution in [1.82, 2.24) is 5.43 Å². The summed E-state index contributed by atoms with van der Waals surface area (Å²) in [6, 6.07) is 5.48. The molecule has 1 saturated carbocycles. The van der Waals surface area contributed by atoms with Crippen molar-refractivity contribution < 1.29 is 9.72 Å². The number of carbonyl (C=O) groups is 1. The Morgan fingerprint density at radius 1 is 1.40 bits per heavy atom. The number of benzene rings is 1. The predicted octanol–water partition coefficient (Wildman–Crippen LogP) is 2.89. The zero-order valence-corrected chi connectivity index (χ0v) is 11.3. The van der Waals surface area contributed by atoms with Crippen LogP contribution in [0.1, 0.15) is 43.0 Å². The summed E-state index contributed by atoms with van der Waals surface area (Å²) in [5.74, 6) is 0.268. The highest BCUT2D eigenvalue weighted by molar-refractivity contribution is 5.95. The first-order valence-electron chi connectivity index (χ1n) is 6.66. The SMILES string of the molecule is CC1CCC/C(=N\NC(=O)c2ccc([N+](=O)[O-])cc2)C1. The third kappa shape index (κ3) is 3.63. The Balaban J connectivity index is 1.97. The summed E-state index contributed by atoms with van der Waals surface area (Å²) in [7, 11) is 0. The van der Waals surface area contributed by atoms with E-state index in [0.29, 0.717) is 11.5 Å². The molecule has 0 aliphatic heterocycles. The number of carbonyl (C=O) groups excluding carboxylic acids is 1. The van der Waals surface area contributed by atoms with E-state index in [1.165, 1.54) is 30.7 Å². The highest BCUT2D eigenvalue weighted by atomic mass is 16.6. The molecule has 1 aromatic rings. The molecule has 0 radical (unpaired) electrons. The molecule has 0 aromatic heterocycles. The molecule has 1 aliphatic carbocycles. The molecular formula is C14H17N3O3. The Bertz CT molecular complexity index is 537. The van der Waals surface area contributed by atoms with Crippen molar-refractivity contribution in [3.63, 3.8) is 0 Å². The van der Waals surface area contributed by atoms with Gasteiger partial charge in [-0.05, 0) is 43.7 Å². The molecule has 1 aromatic carbocycles. The maximum atomic E-state index is 11.9. The van der Waals surface area contributed by atoms with E-state index in [0.717, 1.165) is 25.0 Å². The van der Waals surface area contributed by atoms with E-state index in [9.17, 15) is 14.9 Å². The van der Waals surface area contributed by atoms with Crippen molar-refractivity contribution in [2.24, 2.45) is 11.0 Å². The van der Waals surface area contributed by atoms with Gasteiger partial charge in [0.2, 0.25) is 0 Å². The van der Waals surface area contributed by atoms with Gasteiger partial charge in [-0.25, -0.2) is 5.43 Å². The van der Waals surface area contributed by atoms with E-state index in [1.807, 2.05) is 0 Å². The van der Waals surface area contributed by atoms with Crippen molar-refractivity contribution >= 4 is 17.3 Å². The summed E-state index contributed by atoms with van der Waals surface area (Å²) < 4.78 is 0. The molecule has 1 N–H and O–H groups in total. The van der Waals surface area contributed by atoms with Crippen molar-refractivity contribution in [3.05, 3.63) is 39.9 Å².